The van der Waals surface area contributed by atoms with Gasteiger partial charge in [0, 0.05) is 16.1 Å². The van der Waals surface area contributed by atoms with Crippen LogP contribution < -0.4 is 5.73 Å². The van der Waals surface area contributed by atoms with Gasteiger partial charge in [0.15, 0.2) is 0 Å². The molecule has 0 aliphatic rings. The minimum absolute atomic E-state index is 0.504. The highest BCUT2D eigenvalue weighted by molar-refractivity contribution is 9.10. The Bertz CT molecular complexity index is 462. The molecule has 2 nitrogen and oxygen atoms in total. The van der Waals surface area contributed by atoms with Crippen LogP contribution in [0.25, 0.3) is 10.9 Å². The van der Waals surface area contributed by atoms with Crippen molar-refractivity contribution in [1.29, 1.82) is 0 Å². The van der Waals surface area contributed by atoms with E-state index in [1.54, 1.807) is 0 Å². The number of rotatable bonds is 3. The Labute approximate surface area is 98.0 Å². The molecule has 0 amide bonds. The number of nitrogens with two attached hydrogens (primary N) is 1. The van der Waals surface area contributed by atoms with Crippen LogP contribution in [0.1, 0.15) is 24.8 Å². The van der Waals surface area contributed by atoms with Crippen molar-refractivity contribution in [2.24, 2.45) is 5.73 Å². The maximum absolute atomic E-state index is 5.60. The number of aromatic nitrogens is 1. The first-order valence-corrected chi connectivity index (χ1v) is 5.99. The minimum Gasteiger partial charge on any atom is -0.360 e. The van der Waals surface area contributed by atoms with Gasteiger partial charge in [0.1, 0.15) is 0 Å². The number of aromatic amines is 1. The van der Waals surface area contributed by atoms with Crippen molar-refractivity contribution in [3.05, 3.63) is 34.4 Å². The van der Waals surface area contributed by atoms with Crippen LogP contribution in [0.15, 0.2) is 28.9 Å². The molecule has 1 aromatic carbocycles. The van der Waals surface area contributed by atoms with E-state index in [9.17, 15) is 0 Å². The predicted molar refractivity (Wildman–Crippen MR) is 68.1 cm³/mol. The fraction of sp³-hybridized carbons (Fsp3) is 0.333. The summed E-state index contributed by atoms with van der Waals surface area (Å²) in [4.78, 5) is 3.31. The van der Waals surface area contributed by atoms with E-state index in [0.29, 0.717) is 5.92 Å². The second kappa shape index (κ2) is 4.37. The molecule has 1 atom stereocenters. The number of nitrogens with one attached hydrogen (secondary N) is 1. The Morgan fingerprint density at radius 3 is 3.00 bits per heavy atom. The average molecular weight is 267 g/mol. The molecule has 0 bridgehead atoms. The Balaban J connectivity index is 2.51. The molecule has 0 spiro atoms. The number of fused-ring (bicyclic) bond motifs is 1. The lowest BCUT2D eigenvalue weighted by Gasteiger charge is -2.11. The molecule has 2 rings (SSSR count). The van der Waals surface area contributed by atoms with Crippen molar-refractivity contribution in [2.45, 2.75) is 19.3 Å². The quantitative estimate of drug-likeness (QED) is 0.879. The van der Waals surface area contributed by atoms with Gasteiger partial charge in [-0.3, -0.25) is 0 Å². The van der Waals surface area contributed by atoms with Gasteiger partial charge in [-0.05, 0) is 40.4 Å². The van der Waals surface area contributed by atoms with E-state index >= 15 is 0 Å². The normalized spacial score (nSPS) is 13.3. The van der Waals surface area contributed by atoms with Crippen molar-refractivity contribution in [3.63, 3.8) is 0 Å². The number of hydrogen-bond donors (Lipinski definition) is 2. The highest BCUT2D eigenvalue weighted by Crippen LogP contribution is 2.30. The molecule has 1 heterocycles. The first-order chi connectivity index (χ1) is 7.24. The van der Waals surface area contributed by atoms with Gasteiger partial charge in [-0.25, -0.2) is 0 Å². The lowest BCUT2D eigenvalue weighted by molar-refractivity contribution is 0.694. The van der Waals surface area contributed by atoms with Crippen molar-refractivity contribution < 1.29 is 0 Å². The van der Waals surface area contributed by atoms with Crippen molar-refractivity contribution in [2.75, 3.05) is 6.54 Å². The standard InChI is InChI=1S/C12H15BrN2/c1-8(5-6-14)9-3-2-4-10-11(13)7-15-12(9)10/h2-4,7-8,15H,5-6,14H2,1H3. The summed E-state index contributed by atoms with van der Waals surface area (Å²) in [6.07, 6.45) is 3.01. The van der Waals surface area contributed by atoms with Crippen LogP contribution in [0.4, 0.5) is 0 Å². The van der Waals surface area contributed by atoms with Crippen molar-refractivity contribution in [3.8, 4) is 0 Å². The largest absolute Gasteiger partial charge is 0.360 e. The third-order valence-corrected chi connectivity index (χ3v) is 3.48. The number of para-hydroxylation sites is 1. The number of hydrogen-bond acceptors (Lipinski definition) is 1. The Morgan fingerprint density at radius 2 is 2.27 bits per heavy atom. The van der Waals surface area contributed by atoms with Gasteiger partial charge in [-0.1, -0.05) is 25.1 Å². The summed E-state index contributed by atoms with van der Waals surface area (Å²) in [5.41, 5.74) is 8.17. The zero-order valence-corrected chi connectivity index (χ0v) is 10.3. The Morgan fingerprint density at radius 1 is 1.47 bits per heavy atom. The van der Waals surface area contributed by atoms with Crippen molar-refractivity contribution >= 4 is 26.8 Å². The summed E-state index contributed by atoms with van der Waals surface area (Å²) in [6, 6.07) is 6.39. The highest BCUT2D eigenvalue weighted by Gasteiger charge is 2.10. The molecule has 3 N–H and O–H groups in total. The zero-order valence-electron chi connectivity index (χ0n) is 8.76. The maximum Gasteiger partial charge on any atom is 0.0500 e. The van der Waals surface area contributed by atoms with Crippen LogP contribution in [-0.2, 0) is 0 Å². The smallest absolute Gasteiger partial charge is 0.0500 e. The van der Waals surface area contributed by atoms with Gasteiger partial charge >= 0.3 is 0 Å². The summed E-state index contributed by atoms with van der Waals surface area (Å²) in [7, 11) is 0. The van der Waals surface area contributed by atoms with E-state index in [0.717, 1.165) is 17.4 Å². The van der Waals surface area contributed by atoms with Gasteiger partial charge in [-0.2, -0.15) is 0 Å². The topological polar surface area (TPSA) is 41.8 Å². The Hall–Kier alpha value is -0.800. The van der Waals surface area contributed by atoms with Gasteiger partial charge in [0.05, 0.1) is 5.52 Å². The van der Waals surface area contributed by atoms with E-state index in [1.165, 1.54) is 16.5 Å². The lowest BCUT2D eigenvalue weighted by atomic mass is 9.96. The van der Waals surface area contributed by atoms with E-state index in [-0.39, 0.29) is 0 Å². The van der Waals surface area contributed by atoms with Crippen LogP contribution in [0.5, 0.6) is 0 Å². The van der Waals surface area contributed by atoms with E-state index in [4.69, 9.17) is 5.73 Å². The molecule has 0 aliphatic heterocycles. The molecule has 0 saturated heterocycles. The summed E-state index contributed by atoms with van der Waals surface area (Å²) in [6.45, 7) is 2.95. The molecule has 80 valence electrons. The average Bonchev–Trinajstić information content (AvgIpc) is 2.61. The Kier molecular flexibility index (Phi) is 3.12. The number of benzene rings is 1. The van der Waals surface area contributed by atoms with Gasteiger partial charge in [0.2, 0.25) is 0 Å². The van der Waals surface area contributed by atoms with Crippen molar-refractivity contribution in [1.82, 2.24) is 4.98 Å². The molecule has 0 aliphatic carbocycles. The first kappa shape index (κ1) is 10.7. The SMILES string of the molecule is CC(CCN)c1cccc2c(Br)c[nH]c12. The minimum atomic E-state index is 0.504. The molecule has 1 aromatic heterocycles. The van der Waals surface area contributed by atoms with Crippen LogP contribution in [0.3, 0.4) is 0 Å². The number of halogens is 1. The fourth-order valence-electron chi connectivity index (χ4n) is 1.96. The summed E-state index contributed by atoms with van der Waals surface area (Å²) in [5, 5.41) is 1.25. The summed E-state index contributed by atoms with van der Waals surface area (Å²) < 4.78 is 1.12. The van der Waals surface area contributed by atoms with E-state index in [1.807, 2.05) is 6.20 Å². The van der Waals surface area contributed by atoms with Gasteiger partial charge in [0.25, 0.3) is 0 Å². The molecular weight excluding hydrogens is 252 g/mol. The third-order valence-electron chi connectivity index (χ3n) is 2.83. The van der Waals surface area contributed by atoms with Crippen LogP contribution in [-0.4, -0.2) is 11.5 Å². The molecule has 0 radical (unpaired) electrons. The lowest BCUT2D eigenvalue weighted by Crippen LogP contribution is -2.04. The first-order valence-electron chi connectivity index (χ1n) is 5.19. The van der Waals surface area contributed by atoms with E-state index < -0.39 is 0 Å². The second-order valence-electron chi connectivity index (χ2n) is 3.88. The summed E-state index contributed by atoms with van der Waals surface area (Å²) in [5.74, 6) is 0.504. The zero-order chi connectivity index (χ0) is 10.8. The fourth-order valence-corrected chi connectivity index (χ4v) is 2.40. The molecule has 15 heavy (non-hydrogen) atoms. The molecule has 1 unspecified atom stereocenters. The monoisotopic (exact) mass is 266 g/mol. The molecule has 0 saturated carbocycles. The molecular formula is C12H15BrN2. The molecule has 2 aromatic rings. The third kappa shape index (κ3) is 1.94. The van der Waals surface area contributed by atoms with Crippen LogP contribution >= 0.6 is 15.9 Å². The predicted octanol–water partition coefficient (Wildman–Crippen LogP) is 3.38. The van der Waals surface area contributed by atoms with Crippen LogP contribution in [0.2, 0.25) is 0 Å². The maximum atomic E-state index is 5.60. The summed E-state index contributed by atoms with van der Waals surface area (Å²) >= 11 is 3.53. The van der Waals surface area contributed by atoms with E-state index in [2.05, 4.69) is 46.0 Å². The second-order valence-corrected chi connectivity index (χ2v) is 4.74. The van der Waals surface area contributed by atoms with Gasteiger partial charge in [-0.15, -0.1) is 0 Å². The van der Waals surface area contributed by atoms with Crippen LogP contribution in [0, 0.1) is 0 Å². The highest BCUT2D eigenvalue weighted by atomic mass is 79.9. The molecule has 3 heteroatoms. The van der Waals surface area contributed by atoms with Gasteiger partial charge < -0.3 is 10.7 Å². The number of H-pyrrole nitrogens is 1. The molecule has 0 fully saturated rings.